The zero-order valence-electron chi connectivity index (χ0n) is 23.6. The lowest BCUT2D eigenvalue weighted by Crippen LogP contribution is -2.54. The van der Waals surface area contributed by atoms with E-state index in [-0.39, 0.29) is 23.2 Å². The standard InChI is InChI=1S/C34H24ClN5O4S/c35-24-17-15-22(16-18-24)19-27-32(43)40(31(36-27)23-9-3-1-4-10-23)37-29(41)20-38-28-14-8-7-13-26(28)34(33(38)44)39(30(42)21-45-34)25-11-5-2-6-12-25/h1-19H,20-21H2,(H,37,41)/b27-19-. The van der Waals surface area contributed by atoms with Crippen LogP contribution >= 0.6 is 23.4 Å². The molecule has 1 atom stereocenters. The number of hydrogen-bond acceptors (Lipinski definition) is 6. The molecule has 0 bridgehead atoms. The van der Waals surface area contributed by atoms with Gasteiger partial charge in [-0.1, -0.05) is 90.5 Å². The van der Waals surface area contributed by atoms with Crippen molar-refractivity contribution < 1.29 is 19.2 Å². The Morgan fingerprint density at radius 1 is 0.889 bits per heavy atom. The molecule has 3 heterocycles. The lowest BCUT2D eigenvalue weighted by molar-refractivity contribution is -0.133. The molecule has 11 heteroatoms. The number of carbonyl (C=O) groups excluding carboxylic acids is 4. The first-order valence-corrected chi connectivity index (χ1v) is 15.4. The van der Waals surface area contributed by atoms with E-state index in [0.717, 1.165) is 5.01 Å². The van der Waals surface area contributed by atoms with Crippen molar-refractivity contribution in [3.63, 3.8) is 0 Å². The fourth-order valence-electron chi connectivity index (χ4n) is 5.71. The van der Waals surface area contributed by atoms with E-state index in [2.05, 4.69) is 10.4 Å². The maximum Gasteiger partial charge on any atom is 0.297 e. The number of thioether (sulfide) groups is 1. The Bertz CT molecular complexity index is 1920. The van der Waals surface area contributed by atoms with Crippen LogP contribution in [0.2, 0.25) is 5.02 Å². The molecule has 3 aliphatic rings. The summed E-state index contributed by atoms with van der Waals surface area (Å²) in [5, 5.41) is 1.66. The van der Waals surface area contributed by atoms with Crippen molar-refractivity contribution in [3.8, 4) is 0 Å². The number of nitrogens with one attached hydrogen (secondary N) is 1. The number of benzene rings is 4. The third kappa shape index (κ3) is 4.88. The number of fused-ring (bicyclic) bond motifs is 2. The van der Waals surface area contributed by atoms with E-state index in [1.54, 1.807) is 66.7 Å². The SMILES string of the molecule is O=C(CN1C(=O)C2(SCC(=O)N2c2ccccc2)c2ccccc21)NN1C(=O)/C(=C/c2ccc(Cl)cc2)N=C1c1ccccc1. The summed E-state index contributed by atoms with van der Waals surface area (Å²) in [4.78, 5) is 60.9. The number of rotatable bonds is 6. The molecule has 0 saturated carbocycles. The third-order valence-electron chi connectivity index (χ3n) is 7.68. The number of aliphatic imine (C=N–C) groups is 1. The van der Waals surface area contributed by atoms with E-state index in [1.807, 2.05) is 48.5 Å². The predicted molar refractivity (Wildman–Crippen MR) is 174 cm³/mol. The van der Waals surface area contributed by atoms with Crippen molar-refractivity contribution in [1.29, 1.82) is 0 Å². The lowest BCUT2D eigenvalue weighted by Gasteiger charge is -2.33. The summed E-state index contributed by atoms with van der Waals surface area (Å²) in [6.45, 7) is -0.392. The van der Waals surface area contributed by atoms with Crippen LogP contribution in [0.1, 0.15) is 16.7 Å². The van der Waals surface area contributed by atoms with Crippen molar-refractivity contribution in [2.45, 2.75) is 4.87 Å². The maximum absolute atomic E-state index is 14.3. The van der Waals surface area contributed by atoms with Crippen LogP contribution in [-0.4, -0.2) is 46.8 Å². The van der Waals surface area contributed by atoms with Gasteiger partial charge in [0.25, 0.3) is 17.7 Å². The van der Waals surface area contributed by atoms with Crippen LogP contribution < -0.4 is 15.2 Å². The number of carbonyl (C=O) groups is 4. The quantitative estimate of drug-likeness (QED) is 0.302. The zero-order valence-corrected chi connectivity index (χ0v) is 25.2. The average molecular weight is 634 g/mol. The van der Waals surface area contributed by atoms with Gasteiger partial charge >= 0.3 is 0 Å². The Morgan fingerprint density at radius 2 is 1.56 bits per heavy atom. The highest BCUT2D eigenvalue weighted by atomic mass is 35.5. The number of halogens is 1. The van der Waals surface area contributed by atoms with E-state index >= 15 is 0 Å². The summed E-state index contributed by atoms with van der Waals surface area (Å²) in [6, 6.07) is 32.2. The van der Waals surface area contributed by atoms with Gasteiger partial charge in [0.1, 0.15) is 12.2 Å². The van der Waals surface area contributed by atoms with Crippen molar-refractivity contribution in [2.75, 3.05) is 22.1 Å². The van der Waals surface area contributed by atoms with Crippen LogP contribution in [0, 0.1) is 0 Å². The molecule has 0 radical (unpaired) electrons. The van der Waals surface area contributed by atoms with Crippen LogP contribution in [0.25, 0.3) is 6.08 Å². The fraction of sp³-hybridized carbons (Fsp3) is 0.0882. The van der Waals surface area contributed by atoms with E-state index in [4.69, 9.17) is 11.6 Å². The fourth-order valence-corrected chi connectivity index (χ4v) is 7.20. The molecule has 1 fully saturated rings. The summed E-state index contributed by atoms with van der Waals surface area (Å²) >= 11 is 7.25. The second kappa shape index (κ2) is 11.4. The summed E-state index contributed by atoms with van der Waals surface area (Å²) < 4.78 is 0. The second-order valence-electron chi connectivity index (χ2n) is 10.5. The van der Waals surface area contributed by atoms with Crippen LogP contribution in [0.15, 0.2) is 120 Å². The normalized spacial score (nSPS) is 19.9. The minimum atomic E-state index is -1.36. The molecule has 0 aliphatic carbocycles. The number of hydrogen-bond donors (Lipinski definition) is 1. The molecule has 0 aromatic heterocycles. The van der Waals surface area contributed by atoms with Crippen LogP contribution in [0.3, 0.4) is 0 Å². The molecule has 45 heavy (non-hydrogen) atoms. The molecular weight excluding hydrogens is 610 g/mol. The molecular formula is C34H24ClN5O4S. The minimum absolute atomic E-state index is 0.108. The van der Waals surface area contributed by atoms with Gasteiger partial charge in [0.2, 0.25) is 10.8 Å². The smallest absolute Gasteiger partial charge is 0.297 e. The molecule has 1 unspecified atom stereocenters. The topological polar surface area (TPSA) is 102 Å². The molecule has 222 valence electrons. The Morgan fingerprint density at radius 3 is 2.29 bits per heavy atom. The molecule has 4 aromatic carbocycles. The molecule has 1 saturated heterocycles. The number of amides is 4. The first-order chi connectivity index (χ1) is 21.9. The summed E-state index contributed by atoms with van der Waals surface area (Å²) in [7, 11) is 0. The molecule has 1 spiro atoms. The van der Waals surface area contributed by atoms with Crippen LogP contribution in [0.5, 0.6) is 0 Å². The van der Waals surface area contributed by atoms with Crippen molar-refractivity contribution in [1.82, 2.24) is 10.4 Å². The number of para-hydroxylation sites is 2. The van der Waals surface area contributed by atoms with Gasteiger partial charge in [-0.25, -0.2) is 4.99 Å². The predicted octanol–water partition coefficient (Wildman–Crippen LogP) is 4.98. The average Bonchev–Trinajstić information content (AvgIpc) is 3.65. The van der Waals surface area contributed by atoms with Gasteiger partial charge < -0.3 is 0 Å². The molecule has 7 rings (SSSR count). The second-order valence-corrected chi connectivity index (χ2v) is 12.1. The van der Waals surface area contributed by atoms with E-state index in [0.29, 0.717) is 33.1 Å². The molecule has 1 N–H and O–H groups in total. The molecule has 9 nitrogen and oxygen atoms in total. The van der Waals surface area contributed by atoms with Crippen LogP contribution in [-0.2, 0) is 24.0 Å². The van der Waals surface area contributed by atoms with Crippen LogP contribution in [0.4, 0.5) is 11.4 Å². The summed E-state index contributed by atoms with van der Waals surface area (Å²) in [5.41, 5.74) is 5.87. The van der Waals surface area contributed by atoms with Crippen molar-refractivity contribution in [2.24, 2.45) is 4.99 Å². The van der Waals surface area contributed by atoms with Crippen molar-refractivity contribution in [3.05, 3.63) is 137 Å². The largest absolute Gasteiger partial charge is 0.299 e. The Kier molecular flexibility index (Phi) is 7.23. The van der Waals surface area contributed by atoms with E-state index in [9.17, 15) is 19.2 Å². The molecule has 4 amide bonds. The van der Waals surface area contributed by atoms with Gasteiger partial charge in [-0.3, -0.25) is 34.4 Å². The van der Waals surface area contributed by atoms with Gasteiger partial charge in [-0.15, -0.1) is 11.8 Å². The number of anilines is 2. The third-order valence-corrected chi connectivity index (χ3v) is 9.32. The number of amidine groups is 1. The van der Waals surface area contributed by atoms with Gasteiger partial charge in [0, 0.05) is 21.8 Å². The van der Waals surface area contributed by atoms with Gasteiger partial charge in [-0.05, 0) is 42.0 Å². The Hall–Kier alpha value is -5.19. The van der Waals surface area contributed by atoms with Crippen molar-refractivity contribution >= 4 is 70.3 Å². The van der Waals surface area contributed by atoms with Gasteiger partial charge in [0.15, 0.2) is 5.84 Å². The number of nitrogens with zero attached hydrogens (tertiary/aromatic N) is 4. The minimum Gasteiger partial charge on any atom is -0.299 e. The van der Waals surface area contributed by atoms with Gasteiger partial charge in [-0.2, -0.15) is 5.01 Å². The summed E-state index contributed by atoms with van der Waals surface area (Å²) in [6.07, 6.45) is 1.62. The van der Waals surface area contributed by atoms with E-state index < -0.39 is 29.1 Å². The maximum atomic E-state index is 14.3. The van der Waals surface area contributed by atoms with Gasteiger partial charge in [0.05, 0.1) is 11.4 Å². The lowest BCUT2D eigenvalue weighted by atomic mass is 10.0. The number of hydrazine groups is 1. The highest BCUT2D eigenvalue weighted by Gasteiger charge is 2.61. The Balaban J connectivity index is 1.19. The van der Waals surface area contributed by atoms with E-state index in [1.165, 1.54) is 21.6 Å². The summed E-state index contributed by atoms with van der Waals surface area (Å²) in [5.74, 6) is -1.41. The molecule has 3 aliphatic heterocycles. The highest BCUT2D eigenvalue weighted by molar-refractivity contribution is 8.02. The zero-order chi connectivity index (χ0) is 31.1. The highest BCUT2D eigenvalue weighted by Crippen LogP contribution is 2.55. The molecule has 4 aromatic rings. The first-order valence-electron chi connectivity index (χ1n) is 14.1. The first kappa shape index (κ1) is 28.6. The monoisotopic (exact) mass is 633 g/mol. The Labute approximate surface area is 267 Å².